The van der Waals surface area contributed by atoms with E-state index in [4.69, 9.17) is 5.11 Å². The SMILES string of the molecule is CC(C)(C(=O)O)C1CCCCC1.[MgH2]. The minimum Gasteiger partial charge on any atom is -0.481 e. The highest BCUT2D eigenvalue weighted by molar-refractivity contribution is 5.75. The van der Waals surface area contributed by atoms with Gasteiger partial charge in [-0.1, -0.05) is 19.3 Å². The lowest BCUT2D eigenvalue weighted by molar-refractivity contribution is -0.150. The summed E-state index contributed by atoms with van der Waals surface area (Å²) >= 11 is 0. The molecule has 0 heterocycles. The normalized spacial score (nSPS) is 19.2. The third kappa shape index (κ3) is 3.13. The first kappa shape index (κ1) is 13.2. The van der Waals surface area contributed by atoms with Gasteiger partial charge < -0.3 is 5.11 Å². The number of rotatable bonds is 2. The Morgan fingerprint density at radius 2 is 1.69 bits per heavy atom. The third-order valence-corrected chi connectivity index (χ3v) is 3.18. The van der Waals surface area contributed by atoms with Gasteiger partial charge >= 0.3 is 29.0 Å². The lowest BCUT2D eigenvalue weighted by atomic mass is 9.71. The number of carbonyl (C=O) groups is 1. The first-order valence-corrected chi connectivity index (χ1v) is 4.78. The number of carboxylic acids is 1. The average Bonchev–Trinajstić information content (AvgIpc) is 2.06. The summed E-state index contributed by atoms with van der Waals surface area (Å²) in [4.78, 5) is 10.9. The molecule has 2 nitrogen and oxygen atoms in total. The van der Waals surface area contributed by atoms with Crippen LogP contribution in [0.5, 0.6) is 0 Å². The highest BCUT2D eigenvalue weighted by Crippen LogP contribution is 2.38. The molecule has 1 aliphatic rings. The molecule has 0 unspecified atom stereocenters. The third-order valence-electron chi connectivity index (χ3n) is 3.18. The van der Waals surface area contributed by atoms with Crippen molar-refractivity contribution >= 4 is 29.0 Å². The van der Waals surface area contributed by atoms with Crippen molar-refractivity contribution in [1.29, 1.82) is 0 Å². The highest BCUT2D eigenvalue weighted by atomic mass is 24.3. The summed E-state index contributed by atoms with van der Waals surface area (Å²) in [6, 6.07) is 0. The molecule has 0 amide bonds. The van der Waals surface area contributed by atoms with Crippen molar-refractivity contribution in [2.45, 2.75) is 46.0 Å². The van der Waals surface area contributed by atoms with Crippen LogP contribution in [0.15, 0.2) is 0 Å². The maximum atomic E-state index is 10.9. The van der Waals surface area contributed by atoms with Gasteiger partial charge in [0.1, 0.15) is 0 Å². The van der Waals surface area contributed by atoms with Gasteiger partial charge in [0, 0.05) is 0 Å². The van der Waals surface area contributed by atoms with Crippen molar-refractivity contribution < 1.29 is 9.90 Å². The van der Waals surface area contributed by atoms with Gasteiger partial charge in [0.25, 0.3) is 0 Å². The van der Waals surface area contributed by atoms with E-state index in [0.29, 0.717) is 5.92 Å². The molecule has 1 N–H and O–H groups in total. The molecule has 0 radical (unpaired) electrons. The first-order chi connectivity index (χ1) is 5.55. The monoisotopic (exact) mass is 196 g/mol. The fraction of sp³-hybridized carbons (Fsp3) is 0.900. The van der Waals surface area contributed by atoms with Crippen LogP contribution in [0.2, 0.25) is 0 Å². The molecule has 0 aromatic heterocycles. The predicted molar refractivity (Wildman–Crippen MR) is 56.5 cm³/mol. The van der Waals surface area contributed by atoms with E-state index < -0.39 is 11.4 Å². The lowest BCUT2D eigenvalue weighted by Gasteiger charge is -2.33. The van der Waals surface area contributed by atoms with E-state index in [9.17, 15) is 4.79 Å². The van der Waals surface area contributed by atoms with Gasteiger partial charge in [0.15, 0.2) is 0 Å². The standard InChI is InChI=1S/C10H18O2.Mg.2H/c1-10(2,9(11)12)8-6-4-3-5-7-8;;;/h8H,3-7H2,1-2H3,(H,11,12);;;. The molecule has 1 fully saturated rings. The number of aliphatic carboxylic acids is 1. The van der Waals surface area contributed by atoms with Crippen LogP contribution in [0, 0.1) is 11.3 Å². The van der Waals surface area contributed by atoms with E-state index in [1.807, 2.05) is 13.8 Å². The molecule has 0 aromatic rings. The van der Waals surface area contributed by atoms with Gasteiger partial charge in [-0.05, 0) is 32.6 Å². The molecule has 1 saturated carbocycles. The Bertz CT molecular complexity index is 172. The fourth-order valence-corrected chi connectivity index (χ4v) is 2.00. The van der Waals surface area contributed by atoms with Crippen molar-refractivity contribution in [1.82, 2.24) is 0 Å². The zero-order valence-electron chi connectivity index (χ0n) is 7.97. The maximum absolute atomic E-state index is 10.9. The zero-order chi connectivity index (χ0) is 9.19. The molecule has 3 heteroatoms. The Morgan fingerprint density at radius 3 is 2.08 bits per heavy atom. The minimum atomic E-state index is -0.644. The number of hydrogen-bond acceptors (Lipinski definition) is 1. The molecule has 1 rings (SSSR count). The summed E-state index contributed by atoms with van der Waals surface area (Å²) in [7, 11) is 0. The second-order valence-corrected chi connectivity index (χ2v) is 4.36. The zero-order valence-corrected chi connectivity index (χ0v) is 7.97. The van der Waals surface area contributed by atoms with Gasteiger partial charge in [0.2, 0.25) is 0 Å². The Kier molecular flexibility index (Phi) is 5.29. The average molecular weight is 197 g/mol. The molecular formula is C10H20MgO2. The van der Waals surface area contributed by atoms with Crippen LogP contribution < -0.4 is 0 Å². The molecule has 0 aromatic carbocycles. The summed E-state index contributed by atoms with van der Waals surface area (Å²) < 4.78 is 0. The quantitative estimate of drug-likeness (QED) is 0.684. The van der Waals surface area contributed by atoms with E-state index >= 15 is 0 Å². The Balaban J connectivity index is 0.00000144. The molecule has 13 heavy (non-hydrogen) atoms. The lowest BCUT2D eigenvalue weighted by Crippen LogP contribution is -2.34. The fourth-order valence-electron chi connectivity index (χ4n) is 2.00. The number of hydrogen-bond donors (Lipinski definition) is 1. The summed E-state index contributed by atoms with van der Waals surface area (Å²) in [6.45, 7) is 3.70. The largest absolute Gasteiger partial charge is 0.481 e. The van der Waals surface area contributed by atoms with Crippen LogP contribution in [0.1, 0.15) is 46.0 Å². The second kappa shape index (κ2) is 5.20. The van der Waals surface area contributed by atoms with Crippen molar-refractivity contribution in [3.05, 3.63) is 0 Å². The Morgan fingerprint density at radius 1 is 1.23 bits per heavy atom. The van der Waals surface area contributed by atoms with Gasteiger partial charge in [0.05, 0.1) is 5.41 Å². The van der Waals surface area contributed by atoms with Gasteiger partial charge in [-0.2, -0.15) is 0 Å². The first-order valence-electron chi connectivity index (χ1n) is 4.78. The van der Waals surface area contributed by atoms with E-state index in [1.54, 1.807) is 0 Å². The van der Waals surface area contributed by atoms with Crippen molar-refractivity contribution in [3.63, 3.8) is 0 Å². The number of carboxylic acid groups (broad SMARTS) is 1. The van der Waals surface area contributed by atoms with Crippen LogP contribution in [-0.4, -0.2) is 34.1 Å². The van der Waals surface area contributed by atoms with Crippen molar-refractivity contribution in [2.24, 2.45) is 11.3 Å². The van der Waals surface area contributed by atoms with Crippen molar-refractivity contribution in [2.75, 3.05) is 0 Å². The van der Waals surface area contributed by atoms with E-state index in [0.717, 1.165) is 12.8 Å². The summed E-state index contributed by atoms with van der Waals surface area (Å²) in [5.74, 6) is -0.252. The minimum absolute atomic E-state index is 0. The van der Waals surface area contributed by atoms with Crippen LogP contribution in [0.25, 0.3) is 0 Å². The predicted octanol–water partition coefficient (Wildman–Crippen LogP) is 1.76. The molecule has 1 aliphatic carbocycles. The highest BCUT2D eigenvalue weighted by Gasteiger charge is 2.36. The van der Waals surface area contributed by atoms with Gasteiger partial charge in [-0.25, -0.2) is 0 Å². The molecule has 0 aliphatic heterocycles. The Hall–Kier alpha value is 0.236. The van der Waals surface area contributed by atoms with Crippen LogP contribution in [0.4, 0.5) is 0 Å². The summed E-state index contributed by atoms with van der Waals surface area (Å²) in [6.07, 6.45) is 5.90. The molecule has 0 saturated heterocycles. The topological polar surface area (TPSA) is 37.3 Å². The van der Waals surface area contributed by atoms with Gasteiger partial charge in [-0.15, -0.1) is 0 Å². The van der Waals surface area contributed by atoms with Crippen molar-refractivity contribution in [3.8, 4) is 0 Å². The van der Waals surface area contributed by atoms with E-state index in [-0.39, 0.29) is 23.1 Å². The summed E-state index contributed by atoms with van der Waals surface area (Å²) in [5, 5.41) is 8.99. The maximum Gasteiger partial charge on any atom is 0.316 e. The smallest absolute Gasteiger partial charge is 0.316 e. The molecule has 0 atom stereocenters. The molecular weight excluding hydrogens is 176 g/mol. The van der Waals surface area contributed by atoms with E-state index in [1.165, 1.54) is 19.3 Å². The van der Waals surface area contributed by atoms with Gasteiger partial charge in [-0.3, -0.25) is 4.79 Å². The Labute approximate surface area is 96.2 Å². The molecule has 0 spiro atoms. The molecule has 0 bridgehead atoms. The summed E-state index contributed by atoms with van der Waals surface area (Å²) in [5.41, 5.74) is -0.513. The van der Waals surface area contributed by atoms with E-state index in [2.05, 4.69) is 0 Å². The van der Waals surface area contributed by atoms with Crippen LogP contribution in [-0.2, 0) is 4.79 Å². The van der Waals surface area contributed by atoms with Crippen LogP contribution in [0.3, 0.4) is 0 Å². The second-order valence-electron chi connectivity index (χ2n) is 4.36. The van der Waals surface area contributed by atoms with Crippen LogP contribution >= 0.6 is 0 Å². The molecule has 74 valence electrons.